The molecule has 1 aliphatic rings. The van der Waals surface area contributed by atoms with Crippen molar-refractivity contribution in [2.24, 2.45) is 4.99 Å². The van der Waals surface area contributed by atoms with E-state index in [1.54, 1.807) is 0 Å². The summed E-state index contributed by atoms with van der Waals surface area (Å²) in [7, 11) is 0. The van der Waals surface area contributed by atoms with Crippen molar-refractivity contribution in [3.8, 4) is 0 Å². The van der Waals surface area contributed by atoms with Gasteiger partial charge in [0.1, 0.15) is 5.84 Å². The van der Waals surface area contributed by atoms with Crippen LogP contribution in [0.25, 0.3) is 10.9 Å². The molecule has 1 aliphatic heterocycles. The molecule has 18 heavy (non-hydrogen) atoms. The molecule has 1 aromatic heterocycles. The highest BCUT2D eigenvalue weighted by Crippen LogP contribution is 2.17. The summed E-state index contributed by atoms with van der Waals surface area (Å²) in [5, 5.41) is 6.56. The van der Waals surface area contributed by atoms with Gasteiger partial charge in [-0.15, -0.1) is 0 Å². The number of nitrogens with one attached hydrogen (secondary N) is 3. The number of fused-ring (bicyclic) bond motifs is 1. The molecule has 0 aliphatic carbocycles. The van der Waals surface area contributed by atoms with E-state index in [-0.39, 0.29) is 6.03 Å². The first-order valence-electron chi connectivity index (χ1n) is 5.96. The van der Waals surface area contributed by atoms with Gasteiger partial charge in [-0.1, -0.05) is 18.2 Å². The second-order valence-electron chi connectivity index (χ2n) is 4.25. The monoisotopic (exact) mass is 242 g/mol. The van der Waals surface area contributed by atoms with Gasteiger partial charge in [0.15, 0.2) is 0 Å². The Kier molecular flexibility index (Phi) is 2.72. The van der Waals surface area contributed by atoms with Crippen molar-refractivity contribution < 1.29 is 4.79 Å². The maximum absolute atomic E-state index is 10.9. The zero-order chi connectivity index (χ0) is 12.4. The maximum Gasteiger partial charge on any atom is 0.320 e. The van der Waals surface area contributed by atoms with E-state index in [0.717, 1.165) is 17.8 Å². The van der Waals surface area contributed by atoms with Gasteiger partial charge in [-0.05, 0) is 18.1 Å². The predicted octanol–water partition coefficient (Wildman–Crippen LogP) is 1.42. The fourth-order valence-electron chi connectivity index (χ4n) is 2.13. The molecule has 0 unspecified atom stereocenters. The van der Waals surface area contributed by atoms with Crippen LogP contribution in [0.1, 0.15) is 5.56 Å². The molecule has 2 heterocycles. The first kappa shape index (κ1) is 10.8. The second-order valence-corrected chi connectivity index (χ2v) is 4.25. The average Bonchev–Trinajstić information content (AvgIpc) is 2.97. The Hall–Kier alpha value is -2.30. The molecule has 2 amide bonds. The van der Waals surface area contributed by atoms with Crippen LogP contribution in [0, 0.1) is 0 Å². The maximum atomic E-state index is 10.9. The van der Waals surface area contributed by atoms with Crippen LogP contribution in [0.4, 0.5) is 4.79 Å². The van der Waals surface area contributed by atoms with Crippen molar-refractivity contribution in [1.29, 1.82) is 0 Å². The number of urea groups is 1. The van der Waals surface area contributed by atoms with E-state index in [1.165, 1.54) is 10.9 Å². The van der Waals surface area contributed by atoms with Crippen LogP contribution < -0.4 is 10.6 Å². The molecule has 1 aromatic carbocycles. The zero-order valence-electron chi connectivity index (χ0n) is 9.86. The largest absolute Gasteiger partial charge is 0.361 e. The molecule has 3 N–H and O–H groups in total. The number of aliphatic imine (C=N–C) groups is 1. The lowest BCUT2D eigenvalue weighted by Gasteiger charge is -1.97. The SMILES string of the molecule is O=C1NCC(=NCCc2c[nH]c3ccccc23)N1. The van der Waals surface area contributed by atoms with Gasteiger partial charge in [-0.3, -0.25) is 10.3 Å². The first-order valence-corrected chi connectivity index (χ1v) is 5.96. The van der Waals surface area contributed by atoms with E-state index in [9.17, 15) is 4.79 Å². The fourth-order valence-corrected chi connectivity index (χ4v) is 2.13. The number of benzene rings is 1. The van der Waals surface area contributed by atoms with E-state index < -0.39 is 0 Å². The first-order chi connectivity index (χ1) is 8.83. The third-order valence-corrected chi connectivity index (χ3v) is 3.03. The Morgan fingerprint density at radius 3 is 3.00 bits per heavy atom. The minimum atomic E-state index is -0.166. The van der Waals surface area contributed by atoms with Gasteiger partial charge in [0.2, 0.25) is 0 Å². The Labute approximate surface area is 104 Å². The molecule has 3 rings (SSSR count). The summed E-state index contributed by atoms with van der Waals surface area (Å²) in [6.07, 6.45) is 2.89. The number of aromatic amines is 1. The number of nitrogens with zero attached hydrogens (tertiary/aromatic N) is 1. The van der Waals surface area contributed by atoms with Crippen molar-refractivity contribution in [3.05, 3.63) is 36.0 Å². The van der Waals surface area contributed by atoms with Gasteiger partial charge in [-0.25, -0.2) is 4.79 Å². The second kappa shape index (κ2) is 4.52. The van der Waals surface area contributed by atoms with Crippen LogP contribution in [0.15, 0.2) is 35.5 Å². The van der Waals surface area contributed by atoms with Crippen LogP contribution in [0.3, 0.4) is 0 Å². The summed E-state index contributed by atoms with van der Waals surface area (Å²) in [6.45, 7) is 1.19. The third-order valence-electron chi connectivity index (χ3n) is 3.03. The smallest absolute Gasteiger partial charge is 0.320 e. The molecular formula is C13H14N4O. The average molecular weight is 242 g/mol. The van der Waals surface area contributed by atoms with Crippen molar-refractivity contribution in [2.75, 3.05) is 13.1 Å². The summed E-state index contributed by atoms with van der Waals surface area (Å²) in [4.78, 5) is 18.5. The minimum Gasteiger partial charge on any atom is -0.361 e. The van der Waals surface area contributed by atoms with Crippen LogP contribution in [-0.4, -0.2) is 29.9 Å². The Morgan fingerprint density at radius 2 is 2.17 bits per heavy atom. The lowest BCUT2D eigenvalue weighted by Crippen LogP contribution is -2.22. The highest BCUT2D eigenvalue weighted by molar-refractivity contribution is 6.04. The lowest BCUT2D eigenvalue weighted by molar-refractivity contribution is 0.249. The van der Waals surface area contributed by atoms with Gasteiger partial charge in [0, 0.05) is 23.6 Å². The van der Waals surface area contributed by atoms with Crippen LogP contribution in [0.2, 0.25) is 0 Å². The molecular weight excluding hydrogens is 228 g/mol. The van der Waals surface area contributed by atoms with Gasteiger partial charge in [0.05, 0.1) is 6.54 Å². The summed E-state index contributed by atoms with van der Waals surface area (Å²) < 4.78 is 0. The molecule has 0 spiro atoms. The Bertz CT molecular complexity index is 614. The van der Waals surface area contributed by atoms with E-state index >= 15 is 0 Å². The van der Waals surface area contributed by atoms with Crippen LogP contribution in [-0.2, 0) is 6.42 Å². The molecule has 0 radical (unpaired) electrons. The number of amides is 2. The number of amidine groups is 1. The number of aromatic nitrogens is 1. The predicted molar refractivity (Wildman–Crippen MR) is 70.8 cm³/mol. The number of hydrogen-bond donors (Lipinski definition) is 3. The van der Waals surface area contributed by atoms with E-state index in [2.05, 4.69) is 32.7 Å². The molecule has 5 heteroatoms. The molecule has 0 atom stereocenters. The number of hydrogen-bond acceptors (Lipinski definition) is 2. The third kappa shape index (κ3) is 2.07. The molecule has 5 nitrogen and oxygen atoms in total. The standard InChI is InChI=1S/C13H14N4O/c18-13-16-8-12(17-13)14-6-5-9-7-15-11-4-2-1-3-10(9)11/h1-4,7,15H,5-6,8H2,(H2,14,16,17,18). The number of carbonyl (C=O) groups is 1. The van der Waals surface area contributed by atoms with Crippen molar-refractivity contribution in [3.63, 3.8) is 0 Å². The summed E-state index contributed by atoms with van der Waals surface area (Å²) in [5.74, 6) is 0.722. The zero-order valence-corrected chi connectivity index (χ0v) is 9.86. The molecule has 92 valence electrons. The summed E-state index contributed by atoms with van der Waals surface area (Å²) in [5.41, 5.74) is 2.41. The van der Waals surface area contributed by atoms with Crippen molar-refractivity contribution >= 4 is 22.8 Å². The van der Waals surface area contributed by atoms with Gasteiger partial charge < -0.3 is 10.3 Å². The van der Waals surface area contributed by atoms with E-state index in [4.69, 9.17) is 0 Å². The quantitative estimate of drug-likeness (QED) is 0.748. The van der Waals surface area contributed by atoms with Gasteiger partial charge >= 0.3 is 6.03 Å². The summed E-state index contributed by atoms with van der Waals surface area (Å²) in [6, 6.07) is 8.05. The van der Waals surface area contributed by atoms with Crippen LogP contribution in [0.5, 0.6) is 0 Å². The number of H-pyrrole nitrogens is 1. The van der Waals surface area contributed by atoms with E-state index in [0.29, 0.717) is 13.1 Å². The van der Waals surface area contributed by atoms with E-state index in [1.807, 2.05) is 18.3 Å². The Morgan fingerprint density at radius 1 is 1.28 bits per heavy atom. The highest BCUT2D eigenvalue weighted by atomic mass is 16.2. The number of rotatable bonds is 3. The lowest BCUT2D eigenvalue weighted by atomic mass is 10.1. The molecule has 2 aromatic rings. The topological polar surface area (TPSA) is 69.3 Å². The van der Waals surface area contributed by atoms with Gasteiger partial charge in [0.25, 0.3) is 0 Å². The van der Waals surface area contributed by atoms with Crippen molar-refractivity contribution in [2.45, 2.75) is 6.42 Å². The fraction of sp³-hybridized carbons (Fsp3) is 0.231. The normalized spacial score (nSPS) is 17.1. The molecule has 1 saturated heterocycles. The highest BCUT2D eigenvalue weighted by Gasteiger charge is 2.13. The minimum absolute atomic E-state index is 0.166. The molecule has 0 saturated carbocycles. The number of carbonyl (C=O) groups excluding carboxylic acids is 1. The number of para-hydroxylation sites is 1. The van der Waals surface area contributed by atoms with Crippen LogP contribution >= 0.6 is 0 Å². The molecule has 0 bridgehead atoms. The van der Waals surface area contributed by atoms with Crippen molar-refractivity contribution in [1.82, 2.24) is 15.6 Å². The summed E-state index contributed by atoms with van der Waals surface area (Å²) >= 11 is 0. The Balaban J connectivity index is 1.68. The van der Waals surface area contributed by atoms with Gasteiger partial charge in [-0.2, -0.15) is 0 Å². The molecule has 1 fully saturated rings.